The van der Waals surface area contributed by atoms with E-state index >= 15 is 0 Å². The van der Waals surface area contributed by atoms with E-state index in [0.29, 0.717) is 6.04 Å². The highest BCUT2D eigenvalue weighted by Gasteiger charge is 2.13. The Morgan fingerprint density at radius 2 is 1.76 bits per heavy atom. The zero-order valence-electron chi connectivity index (χ0n) is 13.0. The van der Waals surface area contributed by atoms with Gasteiger partial charge < -0.3 is 10.1 Å². The lowest BCUT2D eigenvalue weighted by atomic mass is 10.0. The zero-order chi connectivity index (χ0) is 15.4. The maximum absolute atomic E-state index is 5.51. The summed E-state index contributed by atoms with van der Waals surface area (Å²) < 4.78 is 6.61. The van der Waals surface area contributed by atoms with Crippen molar-refractivity contribution in [3.63, 3.8) is 0 Å². The molecule has 2 aromatic carbocycles. The second-order valence-electron chi connectivity index (χ2n) is 5.24. The van der Waals surface area contributed by atoms with Crippen LogP contribution in [0.2, 0.25) is 0 Å². The van der Waals surface area contributed by atoms with E-state index in [1.165, 1.54) is 5.56 Å². The van der Waals surface area contributed by atoms with E-state index in [4.69, 9.17) is 4.74 Å². The number of hydrogen-bond acceptors (Lipinski definition) is 2. The fourth-order valence-corrected chi connectivity index (χ4v) is 2.87. The SMILES string of the molecule is CCC(Nc1ccc(C)c(OC)c1C)c1ccc(Br)cc1. The first kappa shape index (κ1) is 15.9. The first-order chi connectivity index (χ1) is 10.1. The third kappa shape index (κ3) is 3.59. The first-order valence-corrected chi connectivity index (χ1v) is 8.02. The van der Waals surface area contributed by atoms with E-state index in [-0.39, 0.29) is 0 Å². The number of nitrogens with one attached hydrogen (secondary N) is 1. The lowest BCUT2D eigenvalue weighted by Gasteiger charge is -2.22. The van der Waals surface area contributed by atoms with Crippen molar-refractivity contribution in [2.75, 3.05) is 12.4 Å². The summed E-state index contributed by atoms with van der Waals surface area (Å²) in [7, 11) is 1.73. The highest BCUT2D eigenvalue weighted by Crippen LogP contribution is 2.32. The summed E-state index contributed by atoms with van der Waals surface area (Å²) in [6.45, 7) is 6.37. The van der Waals surface area contributed by atoms with Crippen LogP contribution in [-0.4, -0.2) is 7.11 Å². The standard InChI is InChI=1S/C18H22BrNO/c1-5-16(14-7-9-15(19)10-8-14)20-17-11-6-12(2)18(21-4)13(17)3/h6-11,16,20H,5H2,1-4H3. The molecule has 21 heavy (non-hydrogen) atoms. The van der Waals surface area contributed by atoms with Crippen molar-refractivity contribution in [2.45, 2.75) is 33.2 Å². The van der Waals surface area contributed by atoms with Crippen molar-refractivity contribution < 1.29 is 4.74 Å². The lowest BCUT2D eigenvalue weighted by Crippen LogP contribution is -2.11. The molecule has 0 fully saturated rings. The summed E-state index contributed by atoms with van der Waals surface area (Å²) in [5.74, 6) is 0.964. The van der Waals surface area contributed by atoms with E-state index in [9.17, 15) is 0 Å². The van der Waals surface area contributed by atoms with Gasteiger partial charge in [-0.1, -0.05) is 41.1 Å². The van der Waals surface area contributed by atoms with Gasteiger partial charge in [-0.05, 0) is 49.6 Å². The van der Waals surface area contributed by atoms with Crippen LogP contribution in [0.25, 0.3) is 0 Å². The number of anilines is 1. The predicted octanol–water partition coefficient (Wildman–Crippen LogP) is 5.64. The second kappa shape index (κ2) is 6.99. The molecular formula is C18H22BrNO. The summed E-state index contributed by atoms with van der Waals surface area (Å²) >= 11 is 3.48. The lowest BCUT2D eigenvalue weighted by molar-refractivity contribution is 0.409. The molecular weight excluding hydrogens is 326 g/mol. The van der Waals surface area contributed by atoms with Gasteiger partial charge in [0.1, 0.15) is 5.75 Å². The molecule has 2 rings (SSSR count). The maximum Gasteiger partial charge on any atom is 0.126 e. The summed E-state index contributed by atoms with van der Waals surface area (Å²) in [5.41, 5.74) is 4.75. The van der Waals surface area contributed by atoms with Crippen LogP contribution in [0, 0.1) is 13.8 Å². The normalized spacial score (nSPS) is 12.0. The summed E-state index contributed by atoms with van der Waals surface area (Å²) in [6, 6.07) is 13.0. The maximum atomic E-state index is 5.51. The zero-order valence-corrected chi connectivity index (χ0v) is 14.6. The van der Waals surface area contributed by atoms with Crippen LogP contribution < -0.4 is 10.1 Å². The largest absolute Gasteiger partial charge is 0.496 e. The van der Waals surface area contributed by atoms with Crippen molar-refractivity contribution in [3.8, 4) is 5.75 Å². The molecule has 0 bridgehead atoms. The number of ether oxygens (including phenoxy) is 1. The Bertz CT molecular complexity index is 607. The van der Waals surface area contributed by atoms with Gasteiger partial charge >= 0.3 is 0 Å². The number of aryl methyl sites for hydroxylation is 1. The van der Waals surface area contributed by atoms with Crippen LogP contribution >= 0.6 is 15.9 Å². The van der Waals surface area contributed by atoms with Crippen LogP contribution in [0.1, 0.15) is 36.1 Å². The van der Waals surface area contributed by atoms with Gasteiger partial charge in [-0.2, -0.15) is 0 Å². The monoisotopic (exact) mass is 347 g/mol. The average molecular weight is 348 g/mol. The molecule has 1 unspecified atom stereocenters. The molecule has 2 aromatic rings. The molecule has 0 saturated heterocycles. The highest BCUT2D eigenvalue weighted by atomic mass is 79.9. The Hall–Kier alpha value is -1.48. The van der Waals surface area contributed by atoms with Crippen molar-refractivity contribution in [3.05, 3.63) is 57.6 Å². The van der Waals surface area contributed by atoms with Crippen molar-refractivity contribution in [1.29, 1.82) is 0 Å². The smallest absolute Gasteiger partial charge is 0.126 e. The predicted molar refractivity (Wildman–Crippen MR) is 93.3 cm³/mol. The Morgan fingerprint density at radius 1 is 1.10 bits per heavy atom. The molecule has 0 heterocycles. The summed E-state index contributed by atoms with van der Waals surface area (Å²) in [5, 5.41) is 3.64. The van der Waals surface area contributed by atoms with E-state index in [1.54, 1.807) is 7.11 Å². The molecule has 0 aliphatic heterocycles. The number of methoxy groups -OCH3 is 1. The molecule has 2 nitrogen and oxygen atoms in total. The molecule has 3 heteroatoms. The quantitative estimate of drug-likeness (QED) is 0.755. The van der Waals surface area contributed by atoms with Crippen LogP contribution in [0.4, 0.5) is 5.69 Å². The Kier molecular flexibility index (Phi) is 5.29. The van der Waals surface area contributed by atoms with Gasteiger partial charge in [0.25, 0.3) is 0 Å². The van der Waals surface area contributed by atoms with Gasteiger partial charge in [-0.15, -0.1) is 0 Å². The van der Waals surface area contributed by atoms with Gasteiger partial charge in [-0.3, -0.25) is 0 Å². The van der Waals surface area contributed by atoms with Crippen LogP contribution in [0.5, 0.6) is 5.75 Å². The third-order valence-corrected chi connectivity index (χ3v) is 4.35. The number of benzene rings is 2. The van der Waals surface area contributed by atoms with Crippen LogP contribution in [0.15, 0.2) is 40.9 Å². The van der Waals surface area contributed by atoms with Crippen LogP contribution in [0.3, 0.4) is 0 Å². The van der Waals surface area contributed by atoms with E-state index in [0.717, 1.165) is 33.5 Å². The second-order valence-corrected chi connectivity index (χ2v) is 6.16. The topological polar surface area (TPSA) is 21.3 Å². The van der Waals surface area contributed by atoms with E-state index < -0.39 is 0 Å². The molecule has 0 aromatic heterocycles. The van der Waals surface area contributed by atoms with E-state index in [1.807, 2.05) is 0 Å². The molecule has 0 spiro atoms. The molecule has 0 radical (unpaired) electrons. The minimum Gasteiger partial charge on any atom is -0.496 e. The minimum atomic E-state index is 0.296. The average Bonchev–Trinajstić information content (AvgIpc) is 2.48. The van der Waals surface area contributed by atoms with E-state index in [2.05, 4.69) is 78.4 Å². The summed E-state index contributed by atoms with van der Waals surface area (Å²) in [4.78, 5) is 0. The molecule has 1 N–H and O–H groups in total. The third-order valence-electron chi connectivity index (χ3n) is 3.82. The van der Waals surface area contributed by atoms with Gasteiger partial charge in [0.15, 0.2) is 0 Å². The fourth-order valence-electron chi connectivity index (χ4n) is 2.60. The molecule has 1 atom stereocenters. The fraction of sp³-hybridized carbons (Fsp3) is 0.333. The first-order valence-electron chi connectivity index (χ1n) is 7.23. The van der Waals surface area contributed by atoms with Gasteiger partial charge in [0, 0.05) is 15.7 Å². The van der Waals surface area contributed by atoms with Crippen molar-refractivity contribution >= 4 is 21.6 Å². The highest BCUT2D eigenvalue weighted by molar-refractivity contribution is 9.10. The minimum absolute atomic E-state index is 0.296. The number of hydrogen-bond donors (Lipinski definition) is 1. The number of rotatable bonds is 5. The van der Waals surface area contributed by atoms with Crippen molar-refractivity contribution in [2.24, 2.45) is 0 Å². The van der Waals surface area contributed by atoms with Crippen LogP contribution in [-0.2, 0) is 0 Å². The Balaban J connectivity index is 2.29. The van der Waals surface area contributed by atoms with Gasteiger partial charge in [0.2, 0.25) is 0 Å². The number of halogens is 1. The molecule has 0 amide bonds. The molecule has 0 saturated carbocycles. The molecule has 112 valence electrons. The molecule has 0 aliphatic carbocycles. The molecule has 0 aliphatic rings. The Labute approximate surface area is 135 Å². The van der Waals surface area contributed by atoms with Gasteiger partial charge in [-0.25, -0.2) is 0 Å². The Morgan fingerprint density at radius 3 is 2.33 bits per heavy atom. The van der Waals surface area contributed by atoms with Crippen molar-refractivity contribution in [1.82, 2.24) is 0 Å². The summed E-state index contributed by atoms with van der Waals surface area (Å²) in [6.07, 6.45) is 1.03. The van der Waals surface area contributed by atoms with Gasteiger partial charge in [0.05, 0.1) is 13.2 Å².